The van der Waals surface area contributed by atoms with Crippen molar-refractivity contribution in [3.05, 3.63) is 58.1 Å². The van der Waals surface area contributed by atoms with Crippen LogP contribution in [0, 0.1) is 0 Å². The Kier molecular flexibility index (Phi) is 5.09. The van der Waals surface area contributed by atoms with Gasteiger partial charge in [-0.15, -0.1) is 0 Å². The molecule has 3 rings (SSSR count). The van der Waals surface area contributed by atoms with Gasteiger partial charge in [0.25, 0.3) is 11.6 Å². The first-order chi connectivity index (χ1) is 12.4. The quantitative estimate of drug-likeness (QED) is 0.740. The van der Waals surface area contributed by atoms with Crippen molar-refractivity contribution < 1.29 is 14.7 Å². The molecule has 0 spiro atoms. The number of carbonyl (C=O) groups is 2. The Morgan fingerprint density at radius 1 is 1.23 bits per heavy atom. The monoisotopic (exact) mass is 393 g/mol. The fourth-order valence-corrected chi connectivity index (χ4v) is 3.14. The molecule has 0 bridgehead atoms. The number of amides is 3. The van der Waals surface area contributed by atoms with Gasteiger partial charge in [-0.2, -0.15) is 0 Å². The largest absolute Gasteiger partial charge is 0.359 e. The maximum absolute atomic E-state index is 12.9. The van der Waals surface area contributed by atoms with E-state index in [0.29, 0.717) is 23.7 Å². The number of hydrogen-bond donors (Lipinski definition) is 3. The molecule has 3 N–H and O–H groups in total. The molecule has 3 amide bonds. The average molecular weight is 394 g/mol. The van der Waals surface area contributed by atoms with Crippen molar-refractivity contribution in [1.82, 2.24) is 5.32 Å². The fourth-order valence-electron chi connectivity index (χ4n) is 2.85. The van der Waals surface area contributed by atoms with Crippen molar-refractivity contribution in [3.63, 3.8) is 0 Å². The van der Waals surface area contributed by atoms with E-state index in [0.717, 1.165) is 4.90 Å². The Balaban J connectivity index is 2.18. The third kappa shape index (κ3) is 3.00. The zero-order valence-corrected chi connectivity index (χ0v) is 15.4. The van der Waals surface area contributed by atoms with Crippen LogP contribution in [0.25, 0.3) is 0 Å². The van der Waals surface area contributed by atoms with E-state index in [4.69, 9.17) is 23.2 Å². The highest BCUT2D eigenvalue weighted by Crippen LogP contribution is 2.41. The minimum Gasteiger partial charge on any atom is -0.359 e. The first-order valence-corrected chi connectivity index (χ1v) is 8.81. The van der Waals surface area contributed by atoms with Gasteiger partial charge < -0.3 is 15.7 Å². The van der Waals surface area contributed by atoms with Crippen LogP contribution in [0.4, 0.5) is 16.2 Å². The Labute approximate surface area is 160 Å². The summed E-state index contributed by atoms with van der Waals surface area (Å²) in [5.74, 6) is -0.701. The lowest BCUT2D eigenvalue weighted by molar-refractivity contribution is -0.140. The van der Waals surface area contributed by atoms with Crippen LogP contribution in [0.2, 0.25) is 10.0 Å². The molecule has 0 aromatic heterocycles. The van der Waals surface area contributed by atoms with Gasteiger partial charge in [-0.25, -0.2) is 4.79 Å². The number of para-hydroxylation sites is 1. The van der Waals surface area contributed by atoms with Crippen molar-refractivity contribution in [2.45, 2.75) is 19.1 Å². The van der Waals surface area contributed by atoms with Crippen LogP contribution in [-0.2, 0) is 10.5 Å². The maximum atomic E-state index is 12.9. The van der Waals surface area contributed by atoms with Crippen LogP contribution < -0.4 is 15.5 Å². The van der Waals surface area contributed by atoms with E-state index in [1.54, 1.807) is 24.3 Å². The summed E-state index contributed by atoms with van der Waals surface area (Å²) in [6, 6.07) is 10.4. The van der Waals surface area contributed by atoms with Crippen molar-refractivity contribution >= 4 is 46.5 Å². The molecule has 2 aromatic carbocycles. The zero-order chi connectivity index (χ0) is 18.9. The van der Waals surface area contributed by atoms with Crippen molar-refractivity contribution in [2.75, 3.05) is 16.8 Å². The van der Waals surface area contributed by atoms with E-state index in [1.807, 2.05) is 6.92 Å². The van der Waals surface area contributed by atoms with E-state index >= 15 is 0 Å². The molecule has 0 saturated heterocycles. The lowest BCUT2D eigenvalue weighted by atomic mass is 9.95. The molecular weight excluding hydrogens is 377 g/mol. The van der Waals surface area contributed by atoms with Gasteiger partial charge in [0, 0.05) is 12.1 Å². The van der Waals surface area contributed by atoms with Crippen LogP contribution in [0.5, 0.6) is 0 Å². The number of hydrogen-bond acceptors (Lipinski definition) is 3. The highest BCUT2D eigenvalue weighted by atomic mass is 35.5. The number of fused-ring (bicyclic) bond motifs is 1. The van der Waals surface area contributed by atoms with Gasteiger partial charge in [-0.1, -0.05) is 48.3 Å². The number of aliphatic hydroxyl groups is 1. The van der Waals surface area contributed by atoms with Gasteiger partial charge in [0.1, 0.15) is 0 Å². The average Bonchev–Trinajstić information content (AvgIpc) is 2.62. The Hall–Kier alpha value is -2.28. The van der Waals surface area contributed by atoms with E-state index in [2.05, 4.69) is 10.6 Å². The topological polar surface area (TPSA) is 81.7 Å². The number of carbonyl (C=O) groups excluding carboxylic acids is 2. The van der Waals surface area contributed by atoms with Crippen molar-refractivity contribution in [2.24, 2.45) is 0 Å². The third-order valence-corrected chi connectivity index (χ3v) is 4.82. The molecule has 1 heterocycles. The van der Waals surface area contributed by atoms with Gasteiger partial charge in [-0.3, -0.25) is 9.69 Å². The number of anilines is 2. The van der Waals surface area contributed by atoms with E-state index in [-0.39, 0.29) is 16.3 Å². The summed E-state index contributed by atoms with van der Waals surface area (Å²) < 4.78 is 0. The van der Waals surface area contributed by atoms with Gasteiger partial charge in [-0.05, 0) is 30.7 Å². The van der Waals surface area contributed by atoms with E-state index in [1.165, 1.54) is 18.2 Å². The number of rotatable bonds is 4. The molecule has 0 saturated carbocycles. The second-order valence-electron chi connectivity index (χ2n) is 5.84. The third-order valence-electron chi connectivity index (χ3n) is 4.08. The minimum absolute atomic E-state index is 0.201. The second-order valence-corrected chi connectivity index (χ2v) is 6.65. The first-order valence-electron chi connectivity index (χ1n) is 8.06. The van der Waals surface area contributed by atoms with Crippen LogP contribution in [0.3, 0.4) is 0 Å². The highest BCUT2D eigenvalue weighted by molar-refractivity contribution is 6.42. The fraction of sp³-hybridized carbons (Fsp3) is 0.222. The molecule has 0 aliphatic carbocycles. The molecule has 136 valence electrons. The molecule has 1 aliphatic rings. The Morgan fingerprint density at radius 3 is 2.65 bits per heavy atom. The number of benzene rings is 2. The lowest BCUT2D eigenvalue weighted by Gasteiger charge is -2.42. The molecule has 26 heavy (non-hydrogen) atoms. The molecule has 0 fully saturated rings. The smallest absolute Gasteiger partial charge is 0.329 e. The molecule has 1 atom stereocenters. The molecule has 0 radical (unpaired) electrons. The van der Waals surface area contributed by atoms with E-state index in [9.17, 15) is 14.7 Å². The summed E-state index contributed by atoms with van der Waals surface area (Å²) in [5.41, 5.74) is -1.37. The zero-order valence-electron chi connectivity index (χ0n) is 13.9. The summed E-state index contributed by atoms with van der Waals surface area (Å²) in [6.45, 7) is 2.25. The maximum Gasteiger partial charge on any atom is 0.329 e. The Morgan fingerprint density at radius 2 is 1.96 bits per heavy atom. The van der Waals surface area contributed by atoms with Gasteiger partial charge in [0.15, 0.2) is 0 Å². The van der Waals surface area contributed by atoms with Gasteiger partial charge >= 0.3 is 6.03 Å². The number of urea groups is 1. The van der Waals surface area contributed by atoms with Crippen LogP contribution in [0.1, 0.15) is 18.9 Å². The van der Waals surface area contributed by atoms with Crippen LogP contribution >= 0.6 is 23.2 Å². The van der Waals surface area contributed by atoms with Crippen molar-refractivity contribution in [1.29, 1.82) is 0 Å². The van der Waals surface area contributed by atoms with Crippen LogP contribution in [0.15, 0.2) is 42.5 Å². The highest BCUT2D eigenvalue weighted by Gasteiger charge is 2.51. The van der Waals surface area contributed by atoms with E-state index < -0.39 is 17.7 Å². The minimum atomic E-state index is -2.23. The molecule has 2 aromatic rings. The summed E-state index contributed by atoms with van der Waals surface area (Å²) >= 11 is 12.0. The molecule has 1 unspecified atom stereocenters. The molecule has 6 nitrogen and oxygen atoms in total. The lowest BCUT2D eigenvalue weighted by Crippen LogP contribution is -2.62. The SMILES string of the molecule is CCCNC(=O)C1(O)c2ccccc2NC(=O)N1c1ccc(Cl)c(Cl)c1. The first kappa shape index (κ1) is 18.5. The van der Waals surface area contributed by atoms with Crippen molar-refractivity contribution in [3.8, 4) is 0 Å². The second kappa shape index (κ2) is 7.15. The molecule has 1 aliphatic heterocycles. The summed E-state index contributed by atoms with van der Waals surface area (Å²) in [5, 5.41) is 17.3. The predicted molar refractivity (Wildman–Crippen MR) is 102 cm³/mol. The van der Waals surface area contributed by atoms with Gasteiger partial charge in [0.05, 0.1) is 21.4 Å². The summed E-state index contributed by atoms with van der Waals surface area (Å²) in [7, 11) is 0. The van der Waals surface area contributed by atoms with Gasteiger partial charge in [0.2, 0.25) is 0 Å². The number of nitrogens with zero attached hydrogens (tertiary/aromatic N) is 1. The molecule has 8 heteroatoms. The summed E-state index contributed by atoms with van der Waals surface area (Å²) in [4.78, 5) is 26.6. The normalized spacial score (nSPS) is 18.9. The van der Waals surface area contributed by atoms with Crippen LogP contribution in [-0.4, -0.2) is 23.6 Å². The number of nitrogens with one attached hydrogen (secondary N) is 2. The number of halogens is 2. The summed E-state index contributed by atoms with van der Waals surface area (Å²) in [6.07, 6.45) is 0.683. The Bertz CT molecular complexity index is 875. The standard InChI is InChI=1S/C18H17Cl2N3O3/c1-2-9-21-16(24)18(26)12-5-3-4-6-15(12)22-17(25)23(18)11-7-8-13(19)14(20)10-11/h3-8,10,26H,2,9H2,1H3,(H,21,24)(H,22,25). The molecular formula is C18H17Cl2N3O3. The predicted octanol–water partition coefficient (Wildman–Crippen LogP) is 3.72.